The number of hydrogen-bond donors (Lipinski definition) is 1. The predicted molar refractivity (Wildman–Crippen MR) is 107 cm³/mol. The van der Waals surface area contributed by atoms with Gasteiger partial charge in [0.25, 0.3) is 5.91 Å². The Morgan fingerprint density at radius 1 is 1.37 bits per heavy atom. The summed E-state index contributed by atoms with van der Waals surface area (Å²) < 4.78 is 27.8. The van der Waals surface area contributed by atoms with Crippen LogP contribution in [0.15, 0.2) is 54.0 Å². The van der Waals surface area contributed by atoms with Gasteiger partial charge < -0.3 is 10.0 Å². The van der Waals surface area contributed by atoms with E-state index >= 15 is 0 Å². The van der Waals surface area contributed by atoms with Gasteiger partial charge in [0.05, 0.1) is 4.90 Å². The summed E-state index contributed by atoms with van der Waals surface area (Å²) in [4.78, 5) is 13.6. The van der Waals surface area contributed by atoms with Crippen LogP contribution in [0, 0.1) is 0 Å². The van der Waals surface area contributed by atoms with Crippen LogP contribution in [-0.2, 0) is 14.8 Å². The van der Waals surface area contributed by atoms with Gasteiger partial charge in [0.15, 0.2) is 0 Å². The number of hydrogen-bond acceptors (Lipinski definition) is 4. The number of aliphatic hydroxyl groups is 1. The van der Waals surface area contributed by atoms with E-state index in [4.69, 9.17) is 0 Å². The average Bonchev–Trinajstić information content (AvgIpc) is 3.00. The van der Waals surface area contributed by atoms with Crippen molar-refractivity contribution in [2.24, 2.45) is 0 Å². The normalized spacial score (nSPS) is 19.2. The van der Waals surface area contributed by atoms with Crippen molar-refractivity contribution in [3.8, 4) is 0 Å². The molecule has 0 spiro atoms. The Bertz CT molecular complexity index is 787. The van der Waals surface area contributed by atoms with Crippen LogP contribution in [0.1, 0.15) is 33.1 Å². The number of rotatable bonds is 9. The molecule has 1 aliphatic heterocycles. The van der Waals surface area contributed by atoms with Crippen molar-refractivity contribution in [3.05, 3.63) is 49.1 Å². The third-order valence-electron chi connectivity index (χ3n) is 4.76. The number of sulfonamides is 1. The van der Waals surface area contributed by atoms with E-state index in [2.05, 4.69) is 6.58 Å². The molecule has 1 N–H and O–H groups in total. The fraction of sp³-hybridized carbons (Fsp3) is 0.450. The highest BCUT2D eigenvalue weighted by atomic mass is 32.2. The van der Waals surface area contributed by atoms with E-state index in [0.717, 1.165) is 0 Å². The summed E-state index contributed by atoms with van der Waals surface area (Å²) in [6.45, 7) is 8.23. The average molecular weight is 393 g/mol. The van der Waals surface area contributed by atoms with Gasteiger partial charge in [-0.2, -0.15) is 4.31 Å². The summed E-state index contributed by atoms with van der Waals surface area (Å²) in [5.41, 5.74) is 0.590. The second kappa shape index (κ2) is 9.30. The molecule has 1 aromatic rings. The first-order valence-corrected chi connectivity index (χ1v) is 10.6. The highest BCUT2D eigenvalue weighted by Crippen LogP contribution is 2.26. The van der Waals surface area contributed by atoms with Crippen molar-refractivity contribution in [3.63, 3.8) is 0 Å². The predicted octanol–water partition coefficient (Wildman–Crippen LogP) is 2.71. The standard InChI is InChI=1S/C20H28N2O4S/c1-4-7-8-16(6-3)22(14-5-2)27(25,26)18-11-9-17(10-12-18)21-15-13-19(23)20(21)24/h4-5,7,9-12,16,19,23H,2,6,8,13-15H2,1,3H3/b7-4-/t16?,19-/m1/s1. The molecule has 1 unspecified atom stereocenters. The molecule has 0 aliphatic carbocycles. The Hall–Kier alpha value is -1.96. The van der Waals surface area contributed by atoms with E-state index in [9.17, 15) is 18.3 Å². The Labute approximate surface area is 161 Å². The SMILES string of the molecule is C=CCN(C(CC)C/C=C\C)S(=O)(=O)c1ccc(N2CC[C@@H](O)C2=O)cc1. The Morgan fingerprint density at radius 3 is 2.52 bits per heavy atom. The first-order chi connectivity index (χ1) is 12.9. The zero-order valence-corrected chi connectivity index (χ0v) is 16.7. The largest absolute Gasteiger partial charge is 0.383 e. The van der Waals surface area contributed by atoms with Gasteiger partial charge >= 0.3 is 0 Å². The Balaban J connectivity index is 2.30. The second-order valence-electron chi connectivity index (χ2n) is 6.52. The molecule has 2 rings (SSSR count). The molecule has 7 heteroatoms. The topological polar surface area (TPSA) is 77.9 Å². The van der Waals surface area contributed by atoms with Gasteiger partial charge in [0.2, 0.25) is 10.0 Å². The fourth-order valence-corrected chi connectivity index (χ4v) is 4.89. The third-order valence-corrected chi connectivity index (χ3v) is 6.70. The van der Waals surface area contributed by atoms with Gasteiger partial charge in [0.1, 0.15) is 6.10 Å². The molecule has 1 saturated heterocycles. The summed E-state index contributed by atoms with van der Waals surface area (Å²) in [5, 5.41) is 9.60. The lowest BCUT2D eigenvalue weighted by atomic mass is 10.1. The first-order valence-electron chi connectivity index (χ1n) is 9.20. The zero-order chi connectivity index (χ0) is 20.0. The highest BCUT2D eigenvalue weighted by molar-refractivity contribution is 7.89. The fourth-order valence-electron chi connectivity index (χ4n) is 3.21. The van der Waals surface area contributed by atoms with Crippen molar-refractivity contribution < 1.29 is 18.3 Å². The van der Waals surface area contributed by atoms with Crippen LogP contribution < -0.4 is 4.90 Å². The molecule has 1 aromatic carbocycles. The molecule has 1 aliphatic rings. The summed E-state index contributed by atoms with van der Waals surface area (Å²) in [6, 6.07) is 6.10. The van der Waals surface area contributed by atoms with Crippen molar-refractivity contribution in [2.45, 2.75) is 50.2 Å². The third kappa shape index (κ3) is 4.66. The van der Waals surface area contributed by atoms with Gasteiger partial charge in [-0.15, -0.1) is 6.58 Å². The summed E-state index contributed by atoms with van der Waals surface area (Å²) in [6.07, 6.45) is 6.20. The lowest BCUT2D eigenvalue weighted by molar-refractivity contribution is -0.123. The van der Waals surface area contributed by atoms with Gasteiger partial charge in [0, 0.05) is 31.2 Å². The number of benzene rings is 1. The van der Waals surface area contributed by atoms with E-state index in [1.165, 1.54) is 21.3 Å². The molecule has 1 fully saturated rings. The highest BCUT2D eigenvalue weighted by Gasteiger charge is 2.32. The quantitative estimate of drug-likeness (QED) is 0.656. The van der Waals surface area contributed by atoms with E-state index < -0.39 is 16.1 Å². The first kappa shape index (κ1) is 21.3. The number of anilines is 1. The molecule has 148 valence electrons. The number of carbonyl (C=O) groups is 1. The molecule has 0 saturated carbocycles. The van der Waals surface area contributed by atoms with Crippen LogP contribution in [0.5, 0.6) is 0 Å². The summed E-state index contributed by atoms with van der Waals surface area (Å²) >= 11 is 0. The van der Waals surface area contributed by atoms with Crippen molar-refractivity contribution in [2.75, 3.05) is 18.0 Å². The number of aliphatic hydroxyl groups excluding tert-OH is 1. The van der Waals surface area contributed by atoms with Crippen LogP contribution >= 0.6 is 0 Å². The maximum atomic E-state index is 13.2. The molecular formula is C20H28N2O4S. The minimum absolute atomic E-state index is 0.154. The molecular weight excluding hydrogens is 364 g/mol. The van der Waals surface area contributed by atoms with Gasteiger partial charge in [-0.1, -0.05) is 25.2 Å². The van der Waals surface area contributed by atoms with E-state index in [0.29, 0.717) is 31.5 Å². The number of nitrogens with zero attached hydrogens (tertiary/aromatic N) is 2. The minimum atomic E-state index is -3.69. The number of amides is 1. The van der Waals surface area contributed by atoms with Gasteiger partial charge in [-0.25, -0.2) is 8.42 Å². The number of allylic oxidation sites excluding steroid dienone is 1. The van der Waals surface area contributed by atoms with Crippen LogP contribution in [0.4, 0.5) is 5.69 Å². The molecule has 0 radical (unpaired) electrons. The van der Waals surface area contributed by atoms with Crippen LogP contribution in [0.2, 0.25) is 0 Å². The van der Waals surface area contributed by atoms with Gasteiger partial charge in [-0.3, -0.25) is 4.79 Å². The molecule has 0 aromatic heterocycles. The monoisotopic (exact) mass is 392 g/mol. The Kier molecular flexibility index (Phi) is 7.35. The summed E-state index contributed by atoms with van der Waals surface area (Å²) in [7, 11) is -3.69. The molecule has 6 nitrogen and oxygen atoms in total. The molecule has 0 bridgehead atoms. The van der Waals surface area contributed by atoms with Crippen LogP contribution in [-0.4, -0.2) is 49.0 Å². The van der Waals surface area contributed by atoms with Crippen molar-refractivity contribution >= 4 is 21.6 Å². The second-order valence-corrected chi connectivity index (χ2v) is 8.41. The minimum Gasteiger partial charge on any atom is -0.383 e. The van der Waals surface area contributed by atoms with Crippen LogP contribution in [0.25, 0.3) is 0 Å². The van der Waals surface area contributed by atoms with E-state index in [1.807, 2.05) is 26.0 Å². The Morgan fingerprint density at radius 2 is 2.04 bits per heavy atom. The van der Waals surface area contributed by atoms with Gasteiger partial charge in [-0.05, 0) is 44.0 Å². The van der Waals surface area contributed by atoms with Crippen LogP contribution in [0.3, 0.4) is 0 Å². The van der Waals surface area contributed by atoms with E-state index in [-0.39, 0.29) is 23.4 Å². The van der Waals surface area contributed by atoms with Crippen molar-refractivity contribution in [1.29, 1.82) is 0 Å². The summed E-state index contributed by atoms with van der Waals surface area (Å²) in [5.74, 6) is -0.351. The lowest BCUT2D eigenvalue weighted by Gasteiger charge is -2.29. The zero-order valence-electron chi connectivity index (χ0n) is 15.9. The smallest absolute Gasteiger partial charge is 0.255 e. The molecule has 1 heterocycles. The molecule has 27 heavy (non-hydrogen) atoms. The maximum Gasteiger partial charge on any atom is 0.255 e. The number of carbonyl (C=O) groups excluding carboxylic acids is 1. The lowest BCUT2D eigenvalue weighted by Crippen LogP contribution is -2.40. The molecule has 1 amide bonds. The molecule has 2 atom stereocenters. The van der Waals surface area contributed by atoms with E-state index in [1.54, 1.807) is 18.2 Å². The van der Waals surface area contributed by atoms with Crippen molar-refractivity contribution in [1.82, 2.24) is 4.31 Å². The maximum absolute atomic E-state index is 13.2.